The molecule has 4 N–H and O–H groups in total. The number of anilines is 1. The Kier molecular flexibility index (Phi) is 3.63. The smallest absolute Gasteiger partial charge is 0.398 e. The lowest BCUT2D eigenvalue weighted by molar-refractivity contribution is -0.138. The van der Waals surface area contributed by atoms with Crippen molar-refractivity contribution in [3.8, 4) is 0 Å². The van der Waals surface area contributed by atoms with Crippen molar-refractivity contribution in [3.63, 3.8) is 0 Å². The number of nitrogens with zero attached hydrogens (tertiary/aromatic N) is 1. The first-order valence-electron chi connectivity index (χ1n) is 5.62. The molecule has 0 saturated carbocycles. The topological polar surface area (TPSA) is 64.9 Å². The van der Waals surface area contributed by atoms with Gasteiger partial charge in [-0.05, 0) is 29.8 Å². The number of nitrogens with two attached hydrogens (primary N) is 2. The Morgan fingerprint density at radius 3 is 2.40 bits per heavy atom. The van der Waals surface area contributed by atoms with Crippen LogP contribution < -0.4 is 11.5 Å². The standard InChI is InChI=1S/C13H11F4N3/c14-7-1-2-10(13(15,16)17)8(5-7)12(19)9-6-20-4-3-11(9)18/h1-6,12H,19H2,(H2,18,20). The van der Waals surface area contributed by atoms with Crippen LogP contribution in [0.1, 0.15) is 22.7 Å². The summed E-state index contributed by atoms with van der Waals surface area (Å²) in [4.78, 5) is 3.77. The van der Waals surface area contributed by atoms with Crippen molar-refractivity contribution in [2.24, 2.45) is 5.73 Å². The molecule has 1 aromatic carbocycles. The van der Waals surface area contributed by atoms with Crippen LogP contribution in [0.3, 0.4) is 0 Å². The van der Waals surface area contributed by atoms with Gasteiger partial charge in [-0.15, -0.1) is 0 Å². The van der Waals surface area contributed by atoms with E-state index >= 15 is 0 Å². The Hall–Kier alpha value is -2.15. The molecule has 0 aliphatic rings. The summed E-state index contributed by atoms with van der Waals surface area (Å²) in [6, 6.07) is 2.38. The summed E-state index contributed by atoms with van der Waals surface area (Å²) >= 11 is 0. The van der Waals surface area contributed by atoms with Crippen LogP contribution in [-0.4, -0.2) is 4.98 Å². The van der Waals surface area contributed by atoms with Crippen LogP contribution in [0.5, 0.6) is 0 Å². The van der Waals surface area contributed by atoms with E-state index in [2.05, 4.69) is 4.98 Å². The van der Waals surface area contributed by atoms with Gasteiger partial charge < -0.3 is 11.5 Å². The molecule has 0 aliphatic heterocycles. The lowest BCUT2D eigenvalue weighted by Crippen LogP contribution is -2.20. The van der Waals surface area contributed by atoms with Gasteiger partial charge in [0, 0.05) is 23.6 Å². The van der Waals surface area contributed by atoms with Gasteiger partial charge in [-0.25, -0.2) is 4.39 Å². The Bertz CT molecular complexity index is 625. The molecule has 7 heteroatoms. The van der Waals surface area contributed by atoms with Crippen molar-refractivity contribution in [1.82, 2.24) is 4.98 Å². The van der Waals surface area contributed by atoms with Crippen molar-refractivity contribution in [2.75, 3.05) is 5.73 Å². The average molecular weight is 285 g/mol. The number of pyridine rings is 1. The summed E-state index contributed by atoms with van der Waals surface area (Å²) in [6.45, 7) is 0. The lowest BCUT2D eigenvalue weighted by Gasteiger charge is -2.19. The quantitative estimate of drug-likeness (QED) is 0.834. The van der Waals surface area contributed by atoms with E-state index in [9.17, 15) is 17.6 Å². The van der Waals surface area contributed by atoms with Crippen molar-refractivity contribution in [2.45, 2.75) is 12.2 Å². The van der Waals surface area contributed by atoms with Crippen molar-refractivity contribution in [3.05, 3.63) is 59.2 Å². The number of hydrogen-bond acceptors (Lipinski definition) is 3. The van der Waals surface area contributed by atoms with Gasteiger partial charge in [-0.3, -0.25) is 4.98 Å². The second-order valence-corrected chi connectivity index (χ2v) is 4.21. The molecular weight excluding hydrogens is 274 g/mol. The van der Waals surface area contributed by atoms with Gasteiger partial charge in [0.1, 0.15) is 5.82 Å². The van der Waals surface area contributed by atoms with Gasteiger partial charge in [0.25, 0.3) is 0 Å². The minimum Gasteiger partial charge on any atom is -0.398 e. The maximum Gasteiger partial charge on any atom is 0.416 e. The number of nitrogen functional groups attached to an aromatic ring is 1. The second-order valence-electron chi connectivity index (χ2n) is 4.21. The Labute approximate surface area is 112 Å². The fourth-order valence-corrected chi connectivity index (χ4v) is 1.89. The van der Waals surface area contributed by atoms with E-state index in [1.165, 1.54) is 18.5 Å². The molecule has 2 aromatic rings. The summed E-state index contributed by atoms with van der Waals surface area (Å²) in [5.41, 5.74) is 10.5. The molecule has 1 heterocycles. The van der Waals surface area contributed by atoms with Crippen LogP contribution >= 0.6 is 0 Å². The lowest BCUT2D eigenvalue weighted by atomic mass is 9.95. The molecule has 0 saturated heterocycles. The summed E-state index contributed by atoms with van der Waals surface area (Å²) in [5, 5.41) is 0. The van der Waals surface area contributed by atoms with E-state index in [1.54, 1.807) is 0 Å². The molecule has 1 aromatic heterocycles. The van der Waals surface area contributed by atoms with E-state index in [0.29, 0.717) is 6.07 Å². The van der Waals surface area contributed by atoms with Gasteiger partial charge in [0.2, 0.25) is 0 Å². The normalized spacial score (nSPS) is 13.2. The average Bonchev–Trinajstić information content (AvgIpc) is 2.37. The number of halogens is 4. The first-order chi connectivity index (χ1) is 9.30. The van der Waals surface area contributed by atoms with Gasteiger partial charge in [0.15, 0.2) is 0 Å². The molecule has 0 bridgehead atoms. The number of aromatic nitrogens is 1. The van der Waals surface area contributed by atoms with E-state index in [1.807, 2.05) is 0 Å². The molecule has 20 heavy (non-hydrogen) atoms. The number of benzene rings is 1. The van der Waals surface area contributed by atoms with Gasteiger partial charge in [0.05, 0.1) is 11.6 Å². The Morgan fingerprint density at radius 2 is 1.80 bits per heavy atom. The fourth-order valence-electron chi connectivity index (χ4n) is 1.89. The first-order valence-corrected chi connectivity index (χ1v) is 5.62. The Morgan fingerprint density at radius 1 is 1.10 bits per heavy atom. The summed E-state index contributed by atoms with van der Waals surface area (Å²) < 4.78 is 52.0. The predicted octanol–water partition coefficient (Wildman–Crippen LogP) is 2.87. The minimum absolute atomic E-state index is 0.199. The van der Waals surface area contributed by atoms with Gasteiger partial charge >= 0.3 is 6.18 Å². The highest BCUT2D eigenvalue weighted by molar-refractivity contribution is 5.51. The molecule has 106 valence electrons. The zero-order valence-electron chi connectivity index (χ0n) is 10.2. The third-order valence-corrected chi connectivity index (χ3v) is 2.88. The molecule has 1 unspecified atom stereocenters. The van der Waals surface area contributed by atoms with Crippen LogP contribution in [0.2, 0.25) is 0 Å². The summed E-state index contributed by atoms with van der Waals surface area (Å²) in [6.07, 6.45) is -1.97. The number of rotatable bonds is 2. The fraction of sp³-hybridized carbons (Fsp3) is 0.154. The second kappa shape index (κ2) is 5.09. The van der Waals surface area contributed by atoms with E-state index in [-0.39, 0.29) is 16.8 Å². The van der Waals surface area contributed by atoms with Crippen LogP contribution in [0.15, 0.2) is 36.7 Å². The SMILES string of the molecule is Nc1ccncc1C(N)c1cc(F)ccc1C(F)(F)F. The molecule has 0 spiro atoms. The third-order valence-electron chi connectivity index (χ3n) is 2.88. The molecule has 0 aliphatic carbocycles. The van der Waals surface area contributed by atoms with Crippen LogP contribution in [0.25, 0.3) is 0 Å². The van der Waals surface area contributed by atoms with Crippen LogP contribution in [-0.2, 0) is 6.18 Å². The van der Waals surface area contributed by atoms with Gasteiger partial charge in [-0.1, -0.05) is 0 Å². The highest BCUT2D eigenvalue weighted by atomic mass is 19.4. The maximum absolute atomic E-state index is 13.2. The number of alkyl halides is 3. The highest BCUT2D eigenvalue weighted by Gasteiger charge is 2.35. The molecule has 0 radical (unpaired) electrons. The number of hydrogen-bond donors (Lipinski definition) is 2. The molecule has 0 amide bonds. The van der Waals surface area contributed by atoms with E-state index in [0.717, 1.165) is 12.1 Å². The maximum atomic E-state index is 13.2. The van der Waals surface area contributed by atoms with Crippen LogP contribution in [0.4, 0.5) is 23.2 Å². The highest BCUT2D eigenvalue weighted by Crippen LogP contribution is 2.36. The molecule has 1 atom stereocenters. The van der Waals surface area contributed by atoms with Crippen LogP contribution in [0, 0.1) is 5.82 Å². The Balaban J connectivity index is 2.57. The van der Waals surface area contributed by atoms with E-state index in [4.69, 9.17) is 11.5 Å². The zero-order chi connectivity index (χ0) is 14.9. The molecule has 2 rings (SSSR count). The minimum atomic E-state index is -4.63. The van der Waals surface area contributed by atoms with Crippen molar-refractivity contribution >= 4 is 5.69 Å². The van der Waals surface area contributed by atoms with E-state index < -0.39 is 23.6 Å². The van der Waals surface area contributed by atoms with Crippen molar-refractivity contribution < 1.29 is 17.6 Å². The summed E-state index contributed by atoms with van der Waals surface area (Å²) in [5.74, 6) is -0.800. The largest absolute Gasteiger partial charge is 0.416 e. The summed E-state index contributed by atoms with van der Waals surface area (Å²) in [7, 11) is 0. The molecular formula is C13H11F4N3. The monoisotopic (exact) mass is 285 g/mol. The van der Waals surface area contributed by atoms with Crippen molar-refractivity contribution in [1.29, 1.82) is 0 Å². The first kappa shape index (κ1) is 14.3. The zero-order valence-corrected chi connectivity index (χ0v) is 10.2. The predicted molar refractivity (Wildman–Crippen MR) is 66.1 cm³/mol. The molecule has 3 nitrogen and oxygen atoms in total. The molecule has 0 fully saturated rings. The third kappa shape index (κ3) is 2.72. The van der Waals surface area contributed by atoms with Gasteiger partial charge in [-0.2, -0.15) is 13.2 Å².